The van der Waals surface area contributed by atoms with E-state index in [-0.39, 0.29) is 0 Å². The quantitative estimate of drug-likeness (QED) is 0.604. The van der Waals surface area contributed by atoms with Crippen LogP contribution in [0.25, 0.3) is 0 Å². The largest absolute Gasteiger partial charge is 0.493 e. The number of ether oxygens (including phenoxy) is 2. The maximum absolute atomic E-state index is 6.37. The number of rotatable bonds is 6. The van der Waals surface area contributed by atoms with Gasteiger partial charge >= 0.3 is 0 Å². The first-order valence-corrected chi connectivity index (χ1v) is 8.74. The lowest BCUT2D eigenvalue weighted by Gasteiger charge is -2.13. The molecular weight excluding hydrogens is 364 g/mol. The highest BCUT2D eigenvalue weighted by Gasteiger charge is 2.09. The van der Waals surface area contributed by atoms with Gasteiger partial charge in [0.2, 0.25) is 5.95 Å². The number of hydrogen-bond donors (Lipinski definition) is 2. The zero-order chi connectivity index (χ0) is 19.4. The van der Waals surface area contributed by atoms with Crippen molar-refractivity contribution in [3.05, 3.63) is 58.7 Å². The second-order valence-electron chi connectivity index (χ2n) is 6.02. The molecule has 0 aliphatic carbocycles. The molecule has 0 spiro atoms. The summed E-state index contributed by atoms with van der Waals surface area (Å²) in [4.78, 5) is 8.77. The first-order chi connectivity index (χ1) is 13.0. The summed E-state index contributed by atoms with van der Waals surface area (Å²) in [5.74, 6) is 2.37. The molecule has 3 aromatic rings. The van der Waals surface area contributed by atoms with Gasteiger partial charge in [-0.2, -0.15) is 4.98 Å². The molecular formula is C20H21ClN4O2. The third-order valence-electron chi connectivity index (χ3n) is 3.98. The van der Waals surface area contributed by atoms with E-state index in [9.17, 15) is 0 Å². The molecule has 27 heavy (non-hydrogen) atoms. The highest BCUT2D eigenvalue weighted by Crippen LogP contribution is 2.32. The number of hydrogen-bond acceptors (Lipinski definition) is 6. The van der Waals surface area contributed by atoms with Gasteiger partial charge in [0.1, 0.15) is 5.82 Å². The van der Waals surface area contributed by atoms with Crippen LogP contribution < -0.4 is 20.1 Å². The Labute approximate surface area is 163 Å². The van der Waals surface area contributed by atoms with Gasteiger partial charge < -0.3 is 20.1 Å². The second kappa shape index (κ2) is 8.14. The zero-order valence-corrected chi connectivity index (χ0v) is 16.4. The molecule has 0 aliphatic heterocycles. The molecule has 0 amide bonds. The molecule has 0 radical (unpaired) electrons. The van der Waals surface area contributed by atoms with Crippen molar-refractivity contribution in [3.8, 4) is 11.5 Å². The number of halogens is 1. The number of anilines is 4. The summed E-state index contributed by atoms with van der Waals surface area (Å²) in [5, 5.41) is 7.08. The van der Waals surface area contributed by atoms with Crippen molar-refractivity contribution < 1.29 is 9.47 Å². The van der Waals surface area contributed by atoms with Crippen LogP contribution in [0.4, 0.5) is 23.1 Å². The topological polar surface area (TPSA) is 68.3 Å². The molecule has 0 saturated carbocycles. The monoisotopic (exact) mass is 384 g/mol. The summed E-state index contributed by atoms with van der Waals surface area (Å²) in [5.41, 5.74) is 3.78. The van der Waals surface area contributed by atoms with Crippen LogP contribution in [0.1, 0.15) is 11.1 Å². The van der Waals surface area contributed by atoms with Gasteiger partial charge in [-0.1, -0.05) is 17.7 Å². The van der Waals surface area contributed by atoms with E-state index < -0.39 is 0 Å². The van der Waals surface area contributed by atoms with Gasteiger partial charge in [-0.15, -0.1) is 0 Å². The molecule has 0 saturated heterocycles. The molecule has 0 unspecified atom stereocenters. The van der Waals surface area contributed by atoms with Crippen molar-refractivity contribution in [2.24, 2.45) is 0 Å². The molecule has 0 fully saturated rings. The summed E-state index contributed by atoms with van der Waals surface area (Å²) in [6.45, 7) is 4.02. The Bertz CT molecular complexity index is 939. The van der Waals surface area contributed by atoms with E-state index in [4.69, 9.17) is 21.1 Å². The molecule has 2 aromatic carbocycles. The van der Waals surface area contributed by atoms with Crippen molar-refractivity contribution >= 4 is 34.7 Å². The first kappa shape index (κ1) is 18.8. The van der Waals surface area contributed by atoms with Crippen molar-refractivity contribution in [2.75, 3.05) is 24.9 Å². The fraction of sp³-hybridized carbons (Fsp3) is 0.200. The third-order valence-corrected chi connectivity index (χ3v) is 4.28. The van der Waals surface area contributed by atoms with Crippen LogP contribution in [0.2, 0.25) is 5.02 Å². The number of methoxy groups -OCH3 is 2. The number of nitrogens with zero attached hydrogens (tertiary/aromatic N) is 2. The highest BCUT2D eigenvalue weighted by molar-refractivity contribution is 6.33. The first-order valence-electron chi connectivity index (χ1n) is 8.36. The van der Waals surface area contributed by atoms with Gasteiger partial charge in [0.15, 0.2) is 11.5 Å². The fourth-order valence-electron chi connectivity index (χ4n) is 2.73. The minimum atomic E-state index is 0.452. The third kappa shape index (κ3) is 4.41. The number of nitrogens with one attached hydrogen (secondary N) is 2. The van der Waals surface area contributed by atoms with Crippen molar-refractivity contribution in [3.63, 3.8) is 0 Å². The smallest absolute Gasteiger partial charge is 0.229 e. The fourth-order valence-corrected chi connectivity index (χ4v) is 3.10. The van der Waals surface area contributed by atoms with Gasteiger partial charge in [0, 0.05) is 18.0 Å². The van der Waals surface area contributed by atoms with E-state index in [0.717, 1.165) is 22.5 Å². The Morgan fingerprint density at radius 1 is 0.926 bits per heavy atom. The molecule has 0 atom stereocenters. The van der Waals surface area contributed by atoms with Crippen LogP contribution in [-0.4, -0.2) is 24.2 Å². The van der Waals surface area contributed by atoms with Gasteiger partial charge in [-0.05, 0) is 49.2 Å². The van der Waals surface area contributed by atoms with E-state index in [0.29, 0.717) is 28.3 Å². The number of aryl methyl sites for hydroxylation is 2. The van der Waals surface area contributed by atoms with E-state index >= 15 is 0 Å². The van der Waals surface area contributed by atoms with Crippen LogP contribution in [0.3, 0.4) is 0 Å². The van der Waals surface area contributed by atoms with E-state index in [1.807, 2.05) is 38.1 Å². The summed E-state index contributed by atoms with van der Waals surface area (Å²) in [7, 11) is 3.19. The lowest BCUT2D eigenvalue weighted by molar-refractivity contribution is 0.355. The molecule has 1 heterocycles. The van der Waals surface area contributed by atoms with Crippen LogP contribution >= 0.6 is 11.6 Å². The standard InChI is InChI=1S/C20H21ClN4O2/c1-12-9-13(2)19(15(21)10-12)24-18-7-8-22-20(25-18)23-14-5-6-16(26-3)17(11-14)27-4/h5-11H,1-4H3,(H2,22,23,24,25). The molecule has 7 heteroatoms. The van der Waals surface area contributed by atoms with Gasteiger partial charge in [-0.25, -0.2) is 4.98 Å². The minimum Gasteiger partial charge on any atom is -0.493 e. The van der Waals surface area contributed by atoms with Crippen LogP contribution in [-0.2, 0) is 0 Å². The van der Waals surface area contributed by atoms with Crippen molar-refractivity contribution in [1.29, 1.82) is 0 Å². The lowest BCUT2D eigenvalue weighted by Crippen LogP contribution is -2.02. The van der Waals surface area contributed by atoms with E-state index in [1.165, 1.54) is 0 Å². The molecule has 2 N–H and O–H groups in total. The van der Waals surface area contributed by atoms with Crippen molar-refractivity contribution in [2.45, 2.75) is 13.8 Å². The maximum atomic E-state index is 6.37. The SMILES string of the molecule is COc1ccc(Nc2nccc(Nc3c(C)cc(C)cc3Cl)n2)cc1OC. The predicted molar refractivity (Wildman–Crippen MR) is 109 cm³/mol. The van der Waals surface area contributed by atoms with Crippen molar-refractivity contribution in [1.82, 2.24) is 9.97 Å². The number of aromatic nitrogens is 2. The normalized spacial score (nSPS) is 10.4. The molecule has 3 rings (SSSR count). The summed E-state index contributed by atoms with van der Waals surface area (Å²) < 4.78 is 10.6. The Balaban J connectivity index is 1.82. The molecule has 0 aliphatic rings. The second-order valence-corrected chi connectivity index (χ2v) is 6.43. The van der Waals surface area contributed by atoms with Crippen LogP contribution in [0, 0.1) is 13.8 Å². The van der Waals surface area contributed by atoms with Crippen LogP contribution in [0.5, 0.6) is 11.5 Å². The van der Waals surface area contributed by atoms with Gasteiger partial charge in [-0.3, -0.25) is 0 Å². The van der Waals surface area contributed by atoms with Gasteiger partial charge in [0.25, 0.3) is 0 Å². The molecule has 1 aromatic heterocycles. The van der Waals surface area contributed by atoms with Gasteiger partial charge in [0.05, 0.1) is 24.9 Å². The average Bonchev–Trinajstić information content (AvgIpc) is 2.65. The Morgan fingerprint density at radius 2 is 1.70 bits per heavy atom. The number of benzene rings is 2. The molecule has 6 nitrogen and oxygen atoms in total. The Kier molecular flexibility index (Phi) is 5.66. The lowest BCUT2D eigenvalue weighted by atomic mass is 10.1. The van der Waals surface area contributed by atoms with E-state index in [2.05, 4.69) is 26.7 Å². The predicted octanol–water partition coefficient (Wildman–Crippen LogP) is 5.25. The minimum absolute atomic E-state index is 0.452. The maximum Gasteiger partial charge on any atom is 0.229 e. The summed E-state index contributed by atoms with van der Waals surface area (Å²) in [6, 6.07) is 11.3. The molecule has 0 bridgehead atoms. The Morgan fingerprint density at radius 3 is 2.41 bits per heavy atom. The molecule has 140 valence electrons. The summed E-state index contributed by atoms with van der Waals surface area (Å²) in [6.07, 6.45) is 1.68. The average molecular weight is 385 g/mol. The highest BCUT2D eigenvalue weighted by atomic mass is 35.5. The summed E-state index contributed by atoms with van der Waals surface area (Å²) >= 11 is 6.37. The zero-order valence-electron chi connectivity index (χ0n) is 15.6. The van der Waals surface area contributed by atoms with Crippen LogP contribution in [0.15, 0.2) is 42.6 Å². The Hall–Kier alpha value is -2.99. The van der Waals surface area contributed by atoms with E-state index in [1.54, 1.807) is 26.5 Å².